The Morgan fingerprint density at radius 3 is 2.50 bits per heavy atom. The van der Waals surface area contributed by atoms with Crippen LogP contribution in [0.15, 0.2) is 41.0 Å². The Bertz CT molecular complexity index is 869. The molecule has 0 amide bonds. The molecule has 0 spiro atoms. The van der Waals surface area contributed by atoms with E-state index in [1.165, 1.54) is 12.1 Å². The van der Waals surface area contributed by atoms with Gasteiger partial charge in [0.1, 0.15) is 5.82 Å². The van der Waals surface area contributed by atoms with Crippen LogP contribution in [0.2, 0.25) is 0 Å². The molecule has 3 heterocycles. The van der Waals surface area contributed by atoms with E-state index in [0.717, 1.165) is 53.4 Å². The number of hydrogen-bond donors (Lipinski definition) is 0. The van der Waals surface area contributed by atoms with E-state index in [-0.39, 0.29) is 5.82 Å². The van der Waals surface area contributed by atoms with Gasteiger partial charge in [0.05, 0.1) is 16.4 Å². The summed E-state index contributed by atoms with van der Waals surface area (Å²) in [5.41, 5.74) is 2.40. The fraction of sp³-hybridized carbons (Fsp3) is 0.294. The topological polar surface area (TPSA) is 36.7 Å². The summed E-state index contributed by atoms with van der Waals surface area (Å²) >= 11 is 3.60. The number of piperazine rings is 1. The lowest BCUT2D eigenvalue weighted by molar-refractivity contribution is 0.311. The van der Waals surface area contributed by atoms with Crippen molar-refractivity contribution in [3.63, 3.8) is 0 Å². The van der Waals surface area contributed by atoms with Gasteiger partial charge in [-0.3, -0.25) is 0 Å². The monoisotopic (exact) mass is 389 g/mol. The molecule has 0 aliphatic carbocycles. The van der Waals surface area contributed by atoms with Crippen LogP contribution in [0, 0.1) is 5.82 Å². The molecular weight excluding hydrogens is 373 g/mol. The first kappa shape index (κ1) is 15.5. The second-order valence-corrected chi connectivity index (χ2v) is 6.90. The summed E-state index contributed by atoms with van der Waals surface area (Å²) in [5, 5.41) is 4.71. The van der Waals surface area contributed by atoms with Crippen LogP contribution in [-0.4, -0.2) is 52.7 Å². The van der Waals surface area contributed by atoms with Gasteiger partial charge in [0, 0.05) is 37.8 Å². The molecular formula is C17H17BrFN5. The first-order chi connectivity index (χ1) is 11.6. The molecule has 24 heavy (non-hydrogen) atoms. The smallest absolute Gasteiger partial charge is 0.168 e. The van der Waals surface area contributed by atoms with Crippen LogP contribution >= 0.6 is 15.9 Å². The maximum Gasteiger partial charge on any atom is 0.168 e. The predicted octanol–water partition coefficient (Wildman–Crippen LogP) is 3.05. The second-order valence-electron chi connectivity index (χ2n) is 6.04. The Morgan fingerprint density at radius 2 is 1.79 bits per heavy atom. The summed E-state index contributed by atoms with van der Waals surface area (Å²) in [6.45, 7) is 3.98. The third-order valence-electron chi connectivity index (χ3n) is 4.33. The summed E-state index contributed by atoms with van der Waals surface area (Å²) < 4.78 is 15.8. The first-order valence-electron chi connectivity index (χ1n) is 7.85. The summed E-state index contributed by atoms with van der Waals surface area (Å²) in [6, 6.07) is 8.36. The van der Waals surface area contributed by atoms with Crippen LogP contribution in [0.25, 0.3) is 16.9 Å². The lowest BCUT2D eigenvalue weighted by Gasteiger charge is -2.33. The molecule has 5 nitrogen and oxygen atoms in total. The zero-order chi connectivity index (χ0) is 16.7. The average molecular weight is 390 g/mol. The molecule has 3 aromatic rings. The Morgan fingerprint density at radius 1 is 1.08 bits per heavy atom. The molecule has 4 rings (SSSR count). The molecule has 1 fully saturated rings. The van der Waals surface area contributed by atoms with E-state index in [9.17, 15) is 4.39 Å². The van der Waals surface area contributed by atoms with Gasteiger partial charge in [-0.2, -0.15) is 0 Å². The fourth-order valence-electron chi connectivity index (χ4n) is 2.88. The number of nitrogens with zero attached hydrogens (tertiary/aromatic N) is 5. The van der Waals surface area contributed by atoms with Crippen molar-refractivity contribution in [1.82, 2.24) is 19.5 Å². The highest BCUT2D eigenvalue weighted by molar-refractivity contribution is 9.10. The molecule has 0 bridgehead atoms. The van der Waals surface area contributed by atoms with Crippen LogP contribution < -0.4 is 4.90 Å². The number of anilines is 1. The normalized spacial score (nSPS) is 16.0. The molecule has 0 N–H and O–H groups in total. The van der Waals surface area contributed by atoms with Gasteiger partial charge in [-0.05, 0) is 47.2 Å². The lowest BCUT2D eigenvalue weighted by atomic mass is 10.2. The van der Waals surface area contributed by atoms with Crippen molar-refractivity contribution < 1.29 is 4.39 Å². The minimum Gasteiger partial charge on any atom is -0.353 e. The molecule has 124 valence electrons. The quantitative estimate of drug-likeness (QED) is 0.674. The number of hydrogen-bond acceptors (Lipinski definition) is 4. The molecule has 2 aromatic heterocycles. The molecule has 0 saturated carbocycles. The van der Waals surface area contributed by atoms with Crippen molar-refractivity contribution in [1.29, 1.82) is 0 Å². The summed E-state index contributed by atoms with van der Waals surface area (Å²) in [6.07, 6.45) is 1.88. The Labute approximate surface area is 147 Å². The minimum absolute atomic E-state index is 0.251. The lowest BCUT2D eigenvalue weighted by Crippen LogP contribution is -2.45. The van der Waals surface area contributed by atoms with Crippen LogP contribution in [-0.2, 0) is 0 Å². The Balaban J connectivity index is 1.71. The summed E-state index contributed by atoms with van der Waals surface area (Å²) in [7, 11) is 2.13. The number of likely N-dealkylation sites (N-methyl/N-ethyl adjacent to an activating group) is 1. The zero-order valence-corrected chi connectivity index (χ0v) is 14.9. The van der Waals surface area contributed by atoms with Crippen LogP contribution in [0.3, 0.4) is 0 Å². The van der Waals surface area contributed by atoms with Crippen LogP contribution in [0.4, 0.5) is 10.2 Å². The van der Waals surface area contributed by atoms with Gasteiger partial charge in [-0.1, -0.05) is 0 Å². The number of fused-ring (bicyclic) bond motifs is 1. The van der Waals surface area contributed by atoms with Crippen molar-refractivity contribution >= 4 is 27.4 Å². The largest absolute Gasteiger partial charge is 0.353 e. The number of halogens is 2. The minimum atomic E-state index is -0.251. The molecule has 7 heteroatoms. The van der Waals surface area contributed by atoms with Crippen molar-refractivity contribution in [3.8, 4) is 11.3 Å². The molecule has 0 atom stereocenters. The SMILES string of the molecule is CN1CCN(c2cc(Br)c3nc(-c4ccc(F)cc4)cn3n2)CC1. The van der Waals surface area contributed by atoms with Crippen LogP contribution in [0.1, 0.15) is 0 Å². The molecule has 1 aliphatic heterocycles. The van der Waals surface area contributed by atoms with E-state index in [4.69, 9.17) is 5.10 Å². The van der Waals surface area contributed by atoms with E-state index in [1.54, 1.807) is 16.6 Å². The van der Waals surface area contributed by atoms with Crippen molar-refractivity contribution in [2.24, 2.45) is 0 Å². The van der Waals surface area contributed by atoms with Gasteiger partial charge in [-0.25, -0.2) is 13.9 Å². The van der Waals surface area contributed by atoms with Gasteiger partial charge in [0.2, 0.25) is 0 Å². The van der Waals surface area contributed by atoms with Crippen molar-refractivity contribution in [2.75, 3.05) is 38.1 Å². The highest BCUT2D eigenvalue weighted by Gasteiger charge is 2.18. The van der Waals surface area contributed by atoms with Gasteiger partial charge >= 0.3 is 0 Å². The second kappa shape index (κ2) is 6.14. The number of imidazole rings is 1. The van der Waals surface area contributed by atoms with Gasteiger partial charge in [-0.15, -0.1) is 5.10 Å². The number of benzene rings is 1. The number of rotatable bonds is 2. The Kier molecular flexibility index (Phi) is 3.97. The first-order valence-corrected chi connectivity index (χ1v) is 8.65. The molecule has 1 aromatic carbocycles. The zero-order valence-electron chi connectivity index (χ0n) is 13.3. The fourth-order valence-corrected chi connectivity index (χ4v) is 3.35. The maximum atomic E-state index is 13.1. The third kappa shape index (κ3) is 2.89. The van der Waals surface area contributed by atoms with Gasteiger partial charge < -0.3 is 9.80 Å². The molecule has 1 saturated heterocycles. The predicted molar refractivity (Wildman–Crippen MR) is 95.8 cm³/mol. The summed E-state index contributed by atoms with van der Waals surface area (Å²) in [5.74, 6) is 0.685. The highest BCUT2D eigenvalue weighted by Crippen LogP contribution is 2.26. The highest BCUT2D eigenvalue weighted by atomic mass is 79.9. The van der Waals surface area contributed by atoms with Crippen molar-refractivity contribution in [3.05, 3.63) is 46.8 Å². The van der Waals surface area contributed by atoms with E-state index < -0.39 is 0 Å². The van der Waals surface area contributed by atoms with Crippen LogP contribution in [0.5, 0.6) is 0 Å². The molecule has 1 aliphatic rings. The van der Waals surface area contributed by atoms with E-state index in [0.29, 0.717) is 0 Å². The van der Waals surface area contributed by atoms with Gasteiger partial charge in [0.25, 0.3) is 0 Å². The van der Waals surface area contributed by atoms with E-state index in [2.05, 4.69) is 37.8 Å². The van der Waals surface area contributed by atoms with E-state index >= 15 is 0 Å². The maximum absolute atomic E-state index is 13.1. The molecule has 0 unspecified atom stereocenters. The summed E-state index contributed by atoms with van der Waals surface area (Å²) in [4.78, 5) is 9.21. The molecule has 0 radical (unpaired) electrons. The average Bonchev–Trinajstić information content (AvgIpc) is 3.01. The standard InChI is InChI=1S/C17H17BrFN5/c1-22-6-8-23(9-7-22)16-10-14(18)17-20-15(11-24(17)21-16)12-2-4-13(19)5-3-12/h2-5,10-11H,6-9H2,1H3. The van der Waals surface area contributed by atoms with Gasteiger partial charge in [0.15, 0.2) is 11.5 Å². The third-order valence-corrected chi connectivity index (χ3v) is 4.92. The Hall–Kier alpha value is -1.99. The number of aromatic nitrogens is 3. The van der Waals surface area contributed by atoms with Crippen molar-refractivity contribution in [2.45, 2.75) is 0 Å². The van der Waals surface area contributed by atoms with E-state index in [1.807, 2.05) is 12.3 Å².